The standard InChI is InChI=1S/C11H14N2OS/c1-8(12)5-9-7-14-11(13-9)6-10-3-2-4-15-10/h2-4,7-8H,5-6,12H2,1H3. The van der Waals surface area contributed by atoms with Gasteiger partial charge in [0, 0.05) is 17.3 Å². The Kier molecular flexibility index (Phi) is 3.18. The highest BCUT2D eigenvalue weighted by molar-refractivity contribution is 7.09. The molecule has 0 radical (unpaired) electrons. The van der Waals surface area contributed by atoms with Gasteiger partial charge in [-0.2, -0.15) is 0 Å². The van der Waals surface area contributed by atoms with Crippen molar-refractivity contribution in [2.75, 3.05) is 0 Å². The van der Waals surface area contributed by atoms with Gasteiger partial charge in [-0.1, -0.05) is 6.07 Å². The van der Waals surface area contributed by atoms with E-state index in [4.69, 9.17) is 10.2 Å². The number of hydrogen-bond donors (Lipinski definition) is 1. The first-order valence-corrected chi connectivity index (χ1v) is 5.83. The lowest BCUT2D eigenvalue weighted by molar-refractivity contribution is 0.507. The third kappa shape index (κ3) is 2.91. The Labute approximate surface area is 92.9 Å². The predicted molar refractivity (Wildman–Crippen MR) is 61.0 cm³/mol. The third-order valence-corrected chi connectivity index (χ3v) is 2.91. The van der Waals surface area contributed by atoms with Gasteiger partial charge in [-0.3, -0.25) is 0 Å². The SMILES string of the molecule is CC(N)Cc1coc(Cc2cccs2)n1. The Morgan fingerprint density at radius 3 is 3.13 bits per heavy atom. The van der Waals surface area contributed by atoms with Gasteiger partial charge in [0.25, 0.3) is 0 Å². The fourth-order valence-corrected chi connectivity index (χ4v) is 2.11. The summed E-state index contributed by atoms with van der Waals surface area (Å²) in [7, 11) is 0. The fourth-order valence-electron chi connectivity index (χ4n) is 1.42. The molecule has 4 heteroatoms. The average molecular weight is 222 g/mol. The van der Waals surface area contributed by atoms with Gasteiger partial charge in [0.05, 0.1) is 12.1 Å². The number of nitrogens with two attached hydrogens (primary N) is 1. The normalized spacial score (nSPS) is 12.9. The molecule has 2 aromatic rings. The summed E-state index contributed by atoms with van der Waals surface area (Å²) in [6, 6.07) is 4.25. The molecule has 2 aromatic heterocycles. The summed E-state index contributed by atoms with van der Waals surface area (Å²) < 4.78 is 5.38. The molecule has 0 fully saturated rings. The topological polar surface area (TPSA) is 52.0 Å². The molecule has 2 heterocycles. The van der Waals surface area contributed by atoms with Crippen molar-refractivity contribution in [2.24, 2.45) is 5.73 Å². The second-order valence-electron chi connectivity index (χ2n) is 3.67. The molecule has 0 amide bonds. The molecule has 1 unspecified atom stereocenters. The molecule has 2 rings (SSSR count). The molecule has 2 N–H and O–H groups in total. The second-order valence-corrected chi connectivity index (χ2v) is 4.70. The zero-order chi connectivity index (χ0) is 10.7. The first kappa shape index (κ1) is 10.4. The van der Waals surface area contributed by atoms with E-state index in [0.29, 0.717) is 0 Å². The number of rotatable bonds is 4. The van der Waals surface area contributed by atoms with E-state index in [-0.39, 0.29) is 6.04 Å². The van der Waals surface area contributed by atoms with E-state index < -0.39 is 0 Å². The summed E-state index contributed by atoms with van der Waals surface area (Å²) in [6.07, 6.45) is 3.25. The predicted octanol–water partition coefficient (Wildman–Crippen LogP) is 2.22. The molecular formula is C11H14N2OS. The van der Waals surface area contributed by atoms with Crippen LogP contribution >= 0.6 is 11.3 Å². The fraction of sp³-hybridized carbons (Fsp3) is 0.364. The summed E-state index contributed by atoms with van der Waals surface area (Å²) in [5, 5.41) is 2.06. The van der Waals surface area contributed by atoms with E-state index in [1.54, 1.807) is 17.6 Å². The Bertz CT molecular complexity index is 406. The molecule has 1 atom stereocenters. The van der Waals surface area contributed by atoms with Crippen LogP contribution in [0.1, 0.15) is 23.4 Å². The van der Waals surface area contributed by atoms with Crippen molar-refractivity contribution in [1.82, 2.24) is 4.98 Å². The Morgan fingerprint density at radius 1 is 1.60 bits per heavy atom. The lowest BCUT2D eigenvalue weighted by Gasteiger charge is -1.98. The van der Waals surface area contributed by atoms with Gasteiger partial charge in [-0.15, -0.1) is 11.3 Å². The molecule has 0 spiro atoms. The zero-order valence-electron chi connectivity index (χ0n) is 8.64. The summed E-state index contributed by atoms with van der Waals surface area (Å²) in [6.45, 7) is 1.97. The lowest BCUT2D eigenvalue weighted by Crippen LogP contribution is -2.17. The van der Waals surface area contributed by atoms with Crippen LogP contribution < -0.4 is 5.73 Å². The summed E-state index contributed by atoms with van der Waals surface area (Å²) in [5.41, 5.74) is 6.63. The summed E-state index contributed by atoms with van der Waals surface area (Å²) in [5.74, 6) is 0.771. The van der Waals surface area contributed by atoms with Gasteiger partial charge in [-0.25, -0.2) is 4.98 Å². The second kappa shape index (κ2) is 4.59. The van der Waals surface area contributed by atoms with Crippen LogP contribution in [0.15, 0.2) is 28.2 Å². The minimum Gasteiger partial charge on any atom is -0.448 e. The van der Waals surface area contributed by atoms with Crippen molar-refractivity contribution in [1.29, 1.82) is 0 Å². The van der Waals surface area contributed by atoms with E-state index >= 15 is 0 Å². The molecule has 15 heavy (non-hydrogen) atoms. The number of nitrogens with zero attached hydrogens (tertiary/aromatic N) is 1. The van der Waals surface area contributed by atoms with Crippen LogP contribution in [0.4, 0.5) is 0 Å². The number of hydrogen-bond acceptors (Lipinski definition) is 4. The van der Waals surface area contributed by atoms with Crippen molar-refractivity contribution < 1.29 is 4.42 Å². The van der Waals surface area contributed by atoms with Gasteiger partial charge in [0.15, 0.2) is 5.89 Å². The van der Waals surface area contributed by atoms with Crippen LogP contribution in [0.5, 0.6) is 0 Å². The largest absolute Gasteiger partial charge is 0.448 e. The molecule has 3 nitrogen and oxygen atoms in total. The van der Waals surface area contributed by atoms with Crippen molar-refractivity contribution in [2.45, 2.75) is 25.8 Å². The van der Waals surface area contributed by atoms with E-state index in [1.807, 2.05) is 13.0 Å². The molecule has 0 saturated carbocycles. The van der Waals surface area contributed by atoms with Gasteiger partial charge < -0.3 is 10.2 Å². The average Bonchev–Trinajstić information content (AvgIpc) is 2.77. The van der Waals surface area contributed by atoms with Crippen LogP contribution in [-0.4, -0.2) is 11.0 Å². The highest BCUT2D eigenvalue weighted by Crippen LogP contribution is 2.14. The minimum atomic E-state index is 0.129. The first-order valence-electron chi connectivity index (χ1n) is 4.95. The first-order chi connectivity index (χ1) is 7.24. The van der Waals surface area contributed by atoms with E-state index in [9.17, 15) is 0 Å². The van der Waals surface area contributed by atoms with Gasteiger partial charge in [-0.05, 0) is 18.4 Å². The molecule has 0 aliphatic rings. The Morgan fingerprint density at radius 2 is 2.47 bits per heavy atom. The molecule has 0 saturated heterocycles. The van der Waals surface area contributed by atoms with Crippen LogP contribution in [0.25, 0.3) is 0 Å². The van der Waals surface area contributed by atoms with Crippen molar-refractivity contribution in [3.05, 3.63) is 40.2 Å². The molecule has 0 aliphatic carbocycles. The molecule has 0 bridgehead atoms. The highest BCUT2D eigenvalue weighted by Gasteiger charge is 2.07. The number of thiophene rings is 1. The number of oxazole rings is 1. The molecule has 0 aliphatic heterocycles. The van der Waals surface area contributed by atoms with Crippen molar-refractivity contribution in [3.8, 4) is 0 Å². The highest BCUT2D eigenvalue weighted by atomic mass is 32.1. The van der Waals surface area contributed by atoms with Gasteiger partial charge in [0.2, 0.25) is 0 Å². The van der Waals surface area contributed by atoms with Gasteiger partial charge in [0.1, 0.15) is 6.26 Å². The van der Waals surface area contributed by atoms with Crippen LogP contribution in [0.2, 0.25) is 0 Å². The van der Waals surface area contributed by atoms with Crippen molar-refractivity contribution in [3.63, 3.8) is 0 Å². The maximum absolute atomic E-state index is 5.69. The monoisotopic (exact) mass is 222 g/mol. The number of aromatic nitrogens is 1. The lowest BCUT2D eigenvalue weighted by atomic mass is 10.2. The van der Waals surface area contributed by atoms with E-state index in [0.717, 1.165) is 24.4 Å². The summed E-state index contributed by atoms with van der Waals surface area (Å²) in [4.78, 5) is 5.65. The Hall–Kier alpha value is -1.13. The van der Waals surface area contributed by atoms with E-state index in [1.165, 1.54) is 4.88 Å². The third-order valence-electron chi connectivity index (χ3n) is 2.04. The van der Waals surface area contributed by atoms with Gasteiger partial charge >= 0.3 is 0 Å². The quantitative estimate of drug-likeness (QED) is 0.863. The van der Waals surface area contributed by atoms with Crippen LogP contribution in [0.3, 0.4) is 0 Å². The smallest absolute Gasteiger partial charge is 0.199 e. The Balaban J connectivity index is 2.01. The van der Waals surface area contributed by atoms with E-state index in [2.05, 4.69) is 16.4 Å². The molecule has 80 valence electrons. The van der Waals surface area contributed by atoms with Crippen LogP contribution in [0, 0.1) is 0 Å². The summed E-state index contributed by atoms with van der Waals surface area (Å²) >= 11 is 1.72. The zero-order valence-corrected chi connectivity index (χ0v) is 9.46. The maximum Gasteiger partial charge on any atom is 0.199 e. The molecule has 0 aromatic carbocycles. The maximum atomic E-state index is 5.69. The van der Waals surface area contributed by atoms with Crippen LogP contribution in [-0.2, 0) is 12.8 Å². The molecular weight excluding hydrogens is 208 g/mol. The minimum absolute atomic E-state index is 0.129. The van der Waals surface area contributed by atoms with Crippen molar-refractivity contribution >= 4 is 11.3 Å².